The van der Waals surface area contributed by atoms with E-state index in [9.17, 15) is 27.6 Å². The Hall–Kier alpha value is -1.60. The molecule has 0 heterocycles. The maximum atomic E-state index is 11.8. The van der Waals surface area contributed by atoms with Gasteiger partial charge in [-0.1, -0.05) is 0 Å². The summed E-state index contributed by atoms with van der Waals surface area (Å²) >= 11 is 0. The molecule has 0 aromatic heterocycles. The molecule has 0 aromatic carbocycles. The van der Waals surface area contributed by atoms with Gasteiger partial charge in [0.05, 0.1) is 19.3 Å². The van der Waals surface area contributed by atoms with Crippen molar-refractivity contribution in [1.29, 1.82) is 0 Å². The Morgan fingerprint density at radius 1 is 1.24 bits per heavy atom. The molecule has 17 heavy (non-hydrogen) atoms. The number of rotatable bonds is 6. The lowest BCUT2D eigenvalue weighted by Crippen LogP contribution is -2.28. The van der Waals surface area contributed by atoms with E-state index in [-0.39, 0.29) is 0 Å². The predicted octanol–water partition coefficient (Wildman–Crippen LogP) is 1.30. The Bertz CT molecular complexity index is 310. The molecule has 0 aromatic rings. The number of carboxylic acids is 1. The van der Waals surface area contributed by atoms with E-state index in [2.05, 4.69) is 4.74 Å². The van der Waals surface area contributed by atoms with Gasteiger partial charge < -0.3 is 9.84 Å². The van der Waals surface area contributed by atoms with Crippen molar-refractivity contribution >= 4 is 17.7 Å². The number of hydrogen-bond acceptors (Lipinski definition) is 4. The molecular weight excluding hydrogens is 245 g/mol. The van der Waals surface area contributed by atoms with Gasteiger partial charge in [0.1, 0.15) is 6.10 Å². The molecule has 0 saturated carbocycles. The van der Waals surface area contributed by atoms with Gasteiger partial charge in [-0.15, -0.1) is 0 Å². The van der Waals surface area contributed by atoms with Crippen LogP contribution in [0.25, 0.3) is 0 Å². The number of carbonyl (C=O) groups is 3. The van der Waals surface area contributed by atoms with Gasteiger partial charge in [0.25, 0.3) is 0 Å². The van der Waals surface area contributed by atoms with Crippen molar-refractivity contribution in [1.82, 2.24) is 0 Å². The van der Waals surface area contributed by atoms with E-state index in [1.165, 1.54) is 0 Å². The quantitative estimate of drug-likeness (QED) is 0.724. The molecule has 1 unspecified atom stereocenters. The number of aliphatic carboxylic acids is 1. The first-order valence-electron chi connectivity index (χ1n) is 4.64. The fraction of sp³-hybridized carbons (Fsp3) is 0.667. The van der Waals surface area contributed by atoms with Crippen LogP contribution in [0.4, 0.5) is 13.2 Å². The first-order valence-corrected chi connectivity index (χ1v) is 4.64. The number of carbonyl (C=O) groups excluding carboxylic acids is 2. The topological polar surface area (TPSA) is 80.7 Å². The summed E-state index contributed by atoms with van der Waals surface area (Å²) < 4.78 is 39.9. The van der Waals surface area contributed by atoms with Crippen molar-refractivity contribution in [3.63, 3.8) is 0 Å². The van der Waals surface area contributed by atoms with Gasteiger partial charge in [-0.2, -0.15) is 13.2 Å². The molecule has 0 spiro atoms. The summed E-state index contributed by atoms with van der Waals surface area (Å²) in [5.74, 6) is -4.16. The number of alkyl halides is 3. The summed E-state index contributed by atoms with van der Waals surface area (Å²) in [6.45, 7) is 1.13. The van der Waals surface area contributed by atoms with Crippen LogP contribution in [-0.4, -0.2) is 35.1 Å². The van der Waals surface area contributed by atoms with Crippen molar-refractivity contribution in [3.8, 4) is 0 Å². The van der Waals surface area contributed by atoms with E-state index in [0.717, 1.165) is 6.92 Å². The van der Waals surface area contributed by atoms with Crippen molar-refractivity contribution in [2.75, 3.05) is 0 Å². The van der Waals surface area contributed by atoms with Crippen molar-refractivity contribution < 1.29 is 37.4 Å². The summed E-state index contributed by atoms with van der Waals surface area (Å²) in [7, 11) is 0. The molecule has 0 bridgehead atoms. The van der Waals surface area contributed by atoms with Crippen molar-refractivity contribution in [2.24, 2.45) is 0 Å². The van der Waals surface area contributed by atoms with Crippen LogP contribution in [0.15, 0.2) is 0 Å². The second-order valence-corrected chi connectivity index (χ2v) is 3.32. The van der Waals surface area contributed by atoms with E-state index >= 15 is 0 Å². The molecule has 0 amide bonds. The molecule has 0 saturated heterocycles. The summed E-state index contributed by atoms with van der Waals surface area (Å²) in [5, 5.41) is 8.24. The van der Waals surface area contributed by atoms with Crippen molar-refractivity contribution in [3.05, 3.63) is 0 Å². The van der Waals surface area contributed by atoms with Crippen LogP contribution in [0.3, 0.4) is 0 Å². The fourth-order valence-electron chi connectivity index (χ4n) is 0.911. The third-order valence-corrected chi connectivity index (χ3v) is 1.66. The Balaban J connectivity index is 4.02. The molecule has 0 fully saturated rings. The highest BCUT2D eigenvalue weighted by molar-refractivity contribution is 5.84. The van der Waals surface area contributed by atoms with Crippen LogP contribution in [0.2, 0.25) is 0 Å². The molecule has 0 rings (SSSR count). The monoisotopic (exact) mass is 256 g/mol. The number of Topliss-reactive ketones (excluding diaryl/α,β-unsaturated/α-hetero) is 1. The average molecular weight is 256 g/mol. The van der Waals surface area contributed by atoms with Crippen LogP contribution in [0, 0.1) is 0 Å². The van der Waals surface area contributed by atoms with Crippen LogP contribution >= 0.6 is 0 Å². The van der Waals surface area contributed by atoms with Crippen molar-refractivity contribution in [2.45, 2.75) is 38.5 Å². The lowest BCUT2D eigenvalue weighted by molar-refractivity contribution is -0.174. The van der Waals surface area contributed by atoms with Crippen LogP contribution in [0.5, 0.6) is 0 Å². The van der Waals surface area contributed by atoms with Gasteiger partial charge in [0.2, 0.25) is 5.78 Å². The summed E-state index contributed by atoms with van der Waals surface area (Å²) in [5.41, 5.74) is 0. The molecule has 1 atom stereocenters. The minimum atomic E-state index is -4.96. The molecule has 5 nitrogen and oxygen atoms in total. The molecule has 8 heteroatoms. The molecule has 0 aliphatic carbocycles. The van der Waals surface area contributed by atoms with E-state index in [1.54, 1.807) is 0 Å². The molecule has 0 radical (unpaired) electrons. The lowest BCUT2D eigenvalue weighted by Gasteiger charge is -2.13. The predicted molar refractivity (Wildman–Crippen MR) is 48.1 cm³/mol. The Morgan fingerprint density at radius 3 is 2.18 bits per heavy atom. The van der Waals surface area contributed by atoms with Gasteiger partial charge in [0, 0.05) is 0 Å². The van der Waals surface area contributed by atoms with E-state index in [4.69, 9.17) is 5.11 Å². The standard InChI is InChI=1S/C9H11F3O5/c1-5(4-6(13)9(10,11)12)17-8(16)3-2-7(14)15/h5H,2-4H2,1H3,(H,14,15). The number of hydrogen-bond donors (Lipinski definition) is 1. The number of ketones is 1. The summed E-state index contributed by atoms with van der Waals surface area (Å²) in [4.78, 5) is 31.5. The Kier molecular flexibility index (Phi) is 5.63. The minimum absolute atomic E-state index is 0.445. The lowest BCUT2D eigenvalue weighted by atomic mass is 10.2. The normalized spacial score (nSPS) is 12.9. The maximum absolute atomic E-state index is 11.8. The van der Waals surface area contributed by atoms with Gasteiger partial charge >= 0.3 is 18.1 Å². The fourth-order valence-corrected chi connectivity index (χ4v) is 0.911. The van der Waals surface area contributed by atoms with Gasteiger partial charge in [-0.05, 0) is 6.92 Å². The van der Waals surface area contributed by atoms with Crippen LogP contribution in [-0.2, 0) is 19.1 Å². The minimum Gasteiger partial charge on any atom is -0.481 e. The zero-order valence-electron chi connectivity index (χ0n) is 8.91. The Labute approximate surface area is 94.5 Å². The van der Waals surface area contributed by atoms with E-state index in [1.807, 2.05) is 0 Å². The number of esters is 1. The third-order valence-electron chi connectivity index (χ3n) is 1.66. The third kappa shape index (κ3) is 7.31. The number of carboxylic acid groups (broad SMARTS) is 1. The second-order valence-electron chi connectivity index (χ2n) is 3.32. The maximum Gasteiger partial charge on any atom is 0.450 e. The number of halogens is 3. The van der Waals surface area contributed by atoms with E-state index in [0.29, 0.717) is 0 Å². The molecule has 0 aliphatic heterocycles. The molecule has 98 valence electrons. The van der Waals surface area contributed by atoms with Crippen LogP contribution < -0.4 is 0 Å². The first kappa shape index (κ1) is 15.4. The van der Waals surface area contributed by atoms with Gasteiger partial charge in [0.15, 0.2) is 0 Å². The van der Waals surface area contributed by atoms with Gasteiger partial charge in [-0.25, -0.2) is 0 Å². The van der Waals surface area contributed by atoms with Crippen LogP contribution in [0.1, 0.15) is 26.2 Å². The van der Waals surface area contributed by atoms with E-state index < -0.39 is 49.3 Å². The molecule has 0 aliphatic rings. The largest absolute Gasteiger partial charge is 0.481 e. The zero-order chi connectivity index (χ0) is 13.6. The highest BCUT2D eigenvalue weighted by Crippen LogP contribution is 2.19. The first-order chi connectivity index (χ1) is 7.62. The highest BCUT2D eigenvalue weighted by Gasteiger charge is 2.39. The number of ether oxygens (including phenoxy) is 1. The highest BCUT2D eigenvalue weighted by atomic mass is 19.4. The summed E-state index contributed by atoms with van der Waals surface area (Å²) in [6.07, 6.45) is -8.08. The Morgan fingerprint density at radius 2 is 1.76 bits per heavy atom. The average Bonchev–Trinajstić information content (AvgIpc) is 2.12. The second kappa shape index (κ2) is 6.21. The van der Waals surface area contributed by atoms with Gasteiger partial charge in [-0.3, -0.25) is 14.4 Å². The molecular formula is C9H11F3O5. The SMILES string of the molecule is CC(CC(=O)C(F)(F)F)OC(=O)CCC(=O)O. The zero-order valence-corrected chi connectivity index (χ0v) is 8.91. The summed E-state index contributed by atoms with van der Waals surface area (Å²) in [6, 6.07) is 0. The molecule has 1 N–H and O–H groups in total. The smallest absolute Gasteiger partial charge is 0.450 e.